The van der Waals surface area contributed by atoms with Crippen molar-refractivity contribution in [2.24, 2.45) is 0 Å². The van der Waals surface area contributed by atoms with Gasteiger partial charge in [-0.15, -0.1) is 0 Å². The molecule has 20 heavy (non-hydrogen) atoms. The number of carbonyl (C=O) groups excluding carboxylic acids is 1. The Labute approximate surface area is 127 Å². The van der Waals surface area contributed by atoms with Crippen LogP contribution in [0.4, 0.5) is 0 Å². The topological polar surface area (TPSA) is 38.3 Å². The van der Waals surface area contributed by atoms with Crippen molar-refractivity contribution in [3.05, 3.63) is 0 Å². The summed E-state index contributed by atoms with van der Waals surface area (Å²) < 4.78 is 5.10. The molecule has 0 spiro atoms. The molecule has 4 heteroatoms. The highest BCUT2D eigenvalue weighted by molar-refractivity contribution is 7.99. The lowest BCUT2D eigenvalue weighted by Gasteiger charge is -2.39. The minimum atomic E-state index is -0.392. The number of rotatable bonds is 8. The van der Waals surface area contributed by atoms with Crippen LogP contribution in [0.2, 0.25) is 0 Å². The molecule has 0 aliphatic heterocycles. The largest absolute Gasteiger partial charge is 0.468 e. The fourth-order valence-electron chi connectivity index (χ4n) is 3.16. The van der Waals surface area contributed by atoms with Gasteiger partial charge in [0.2, 0.25) is 0 Å². The van der Waals surface area contributed by atoms with Crippen molar-refractivity contribution in [2.45, 2.75) is 81.5 Å². The van der Waals surface area contributed by atoms with Crippen molar-refractivity contribution in [3.8, 4) is 0 Å². The van der Waals surface area contributed by atoms with Crippen LogP contribution in [0.5, 0.6) is 0 Å². The first-order chi connectivity index (χ1) is 9.70. The number of hydrogen-bond donors (Lipinski definition) is 1. The summed E-state index contributed by atoms with van der Waals surface area (Å²) in [5, 5.41) is 4.22. The molecule has 116 valence electrons. The smallest absolute Gasteiger partial charge is 0.326 e. The maximum absolute atomic E-state index is 12.3. The van der Waals surface area contributed by atoms with Gasteiger partial charge in [-0.3, -0.25) is 10.1 Å². The molecule has 2 aliphatic carbocycles. The lowest BCUT2D eigenvalue weighted by atomic mass is 9.81. The number of esters is 1. The first-order valence-electron chi connectivity index (χ1n) is 8.18. The highest BCUT2D eigenvalue weighted by atomic mass is 32.2. The number of methoxy groups -OCH3 is 1. The molecular formula is C16H29NO2S. The van der Waals surface area contributed by atoms with E-state index in [-0.39, 0.29) is 5.97 Å². The van der Waals surface area contributed by atoms with Crippen molar-refractivity contribution >= 4 is 17.7 Å². The molecule has 0 aromatic carbocycles. The minimum absolute atomic E-state index is 0.0386. The van der Waals surface area contributed by atoms with Crippen molar-refractivity contribution in [3.63, 3.8) is 0 Å². The highest BCUT2D eigenvalue weighted by Gasteiger charge is 2.46. The lowest BCUT2D eigenvalue weighted by molar-refractivity contribution is -0.150. The van der Waals surface area contributed by atoms with Gasteiger partial charge in [-0.2, -0.15) is 11.8 Å². The Morgan fingerprint density at radius 3 is 2.80 bits per heavy atom. The fraction of sp³-hybridized carbons (Fsp3) is 0.938. The van der Waals surface area contributed by atoms with Crippen LogP contribution in [0.1, 0.15) is 64.7 Å². The van der Waals surface area contributed by atoms with Gasteiger partial charge >= 0.3 is 5.97 Å². The van der Waals surface area contributed by atoms with Gasteiger partial charge in [-0.05, 0) is 50.7 Å². The molecule has 0 bridgehead atoms. The van der Waals surface area contributed by atoms with E-state index in [0.29, 0.717) is 11.3 Å². The average molecular weight is 299 g/mol. The average Bonchev–Trinajstić information content (AvgIpc) is 3.27. The van der Waals surface area contributed by atoms with Gasteiger partial charge in [0.15, 0.2) is 0 Å². The quantitative estimate of drug-likeness (QED) is 0.550. The van der Waals surface area contributed by atoms with Gasteiger partial charge in [0.05, 0.1) is 7.11 Å². The summed E-state index contributed by atoms with van der Waals surface area (Å²) in [6.07, 6.45) is 10.6. The molecule has 2 fully saturated rings. The van der Waals surface area contributed by atoms with Crippen molar-refractivity contribution < 1.29 is 9.53 Å². The Bertz CT molecular complexity index is 320. The van der Waals surface area contributed by atoms with E-state index in [1.54, 1.807) is 0 Å². The summed E-state index contributed by atoms with van der Waals surface area (Å²) in [5.74, 6) is 1.20. The highest BCUT2D eigenvalue weighted by Crippen LogP contribution is 2.38. The SMILES string of the molecule is CCCCCSC1CCCC(NC2CC2)(C(=O)OC)C1. The molecule has 2 saturated carbocycles. The maximum Gasteiger partial charge on any atom is 0.326 e. The third-order valence-electron chi connectivity index (χ3n) is 4.44. The summed E-state index contributed by atoms with van der Waals surface area (Å²) in [6.45, 7) is 2.24. The van der Waals surface area contributed by atoms with Gasteiger partial charge in [0, 0.05) is 11.3 Å². The Morgan fingerprint density at radius 1 is 1.35 bits per heavy atom. The molecule has 0 heterocycles. The fourth-order valence-corrected chi connectivity index (χ4v) is 4.60. The summed E-state index contributed by atoms with van der Waals surface area (Å²) in [7, 11) is 1.52. The molecule has 0 amide bonds. The first kappa shape index (κ1) is 16.2. The summed E-state index contributed by atoms with van der Waals surface area (Å²) in [5.41, 5.74) is -0.392. The van der Waals surface area contributed by atoms with Crippen LogP contribution in [0, 0.1) is 0 Å². The van der Waals surface area contributed by atoms with E-state index in [0.717, 1.165) is 19.3 Å². The second-order valence-electron chi connectivity index (χ2n) is 6.29. The Kier molecular flexibility index (Phi) is 6.21. The van der Waals surface area contributed by atoms with Crippen LogP contribution in [-0.4, -0.2) is 35.7 Å². The first-order valence-corrected chi connectivity index (χ1v) is 9.23. The molecule has 2 atom stereocenters. The number of hydrogen-bond acceptors (Lipinski definition) is 4. The van der Waals surface area contributed by atoms with E-state index >= 15 is 0 Å². The van der Waals surface area contributed by atoms with Gasteiger partial charge in [-0.25, -0.2) is 0 Å². The zero-order valence-corrected chi connectivity index (χ0v) is 13.8. The van der Waals surface area contributed by atoms with Gasteiger partial charge < -0.3 is 4.74 Å². The molecule has 0 saturated heterocycles. The summed E-state index contributed by atoms with van der Waals surface area (Å²) >= 11 is 2.07. The van der Waals surface area contributed by atoms with Crippen molar-refractivity contribution in [1.82, 2.24) is 5.32 Å². The molecule has 0 aromatic heterocycles. The number of nitrogens with one attached hydrogen (secondary N) is 1. The van der Waals surface area contributed by atoms with Gasteiger partial charge in [0.1, 0.15) is 5.54 Å². The predicted octanol–water partition coefficient (Wildman–Crippen LogP) is 3.52. The molecular weight excluding hydrogens is 270 g/mol. The Morgan fingerprint density at radius 2 is 2.15 bits per heavy atom. The molecule has 0 aromatic rings. The van der Waals surface area contributed by atoms with Crippen LogP contribution in [0.15, 0.2) is 0 Å². The van der Waals surface area contributed by atoms with Crippen LogP contribution in [-0.2, 0) is 9.53 Å². The molecule has 3 nitrogen and oxygen atoms in total. The number of carbonyl (C=O) groups is 1. The van der Waals surface area contributed by atoms with Crippen LogP contribution < -0.4 is 5.32 Å². The van der Waals surface area contributed by atoms with Gasteiger partial charge in [-0.1, -0.05) is 19.8 Å². The Hall–Kier alpha value is -0.220. The predicted molar refractivity (Wildman–Crippen MR) is 85.1 cm³/mol. The third kappa shape index (κ3) is 4.39. The second-order valence-corrected chi connectivity index (χ2v) is 7.70. The van der Waals surface area contributed by atoms with E-state index in [1.807, 2.05) is 0 Å². The van der Waals surface area contributed by atoms with E-state index in [1.165, 1.54) is 51.4 Å². The van der Waals surface area contributed by atoms with Crippen molar-refractivity contribution in [1.29, 1.82) is 0 Å². The van der Waals surface area contributed by atoms with Crippen LogP contribution in [0.25, 0.3) is 0 Å². The van der Waals surface area contributed by atoms with E-state index in [9.17, 15) is 4.79 Å². The normalized spacial score (nSPS) is 30.2. The number of ether oxygens (including phenoxy) is 1. The summed E-state index contributed by atoms with van der Waals surface area (Å²) in [4.78, 5) is 12.3. The molecule has 1 N–H and O–H groups in total. The number of thioether (sulfide) groups is 1. The second kappa shape index (κ2) is 7.69. The molecule has 2 aliphatic rings. The standard InChI is InChI=1S/C16H29NO2S/c1-3-4-5-11-20-14-7-6-10-16(12-14,15(18)19-2)17-13-8-9-13/h13-14,17H,3-12H2,1-2H3. The van der Waals surface area contributed by atoms with Crippen LogP contribution >= 0.6 is 11.8 Å². The molecule has 2 unspecified atom stereocenters. The minimum Gasteiger partial charge on any atom is -0.468 e. The molecule has 0 radical (unpaired) electrons. The van der Waals surface area contributed by atoms with Gasteiger partial charge in [0.25, 0.3) is 0 Å². The maximum atomic E-state index is 12.3. The number of unbranched alkanes of at least 4 members (excludes halogenated alkanes) is 2. The zero-order valence-electron chi connectivity index (χ0n) is 13.0. The lowest BCUT2D eigenvalue weighted by Crippen LogP contribution is -2.56. The Balaban J connectivity index is 1.88. The van der Waals surface area contributed by atoms with E-state index in [4.69, 9.17) is 4.74 Å². The third-order valence-corrected chi connectivity index (χ3v) is 5.84. The van der Waals surface area contributed by atoms with Crippen LogP contribution in [0.3, 0.4) is 0 Å². The van der Waals surface area contributed by atoms with E-state index < -0.39 is 5.54 Å². The monoisotopic (exact) mass is 299 g/mol. The molecule has 2 rings (SSSR count). The zero-order chi connectivity index (χ0) is 14.4. The van der Waals surface area contributed by atoms with Crippen molar-refractivity contribution in [2.75, 3.05) is 12.9 Å². The summed E-state index contributed by atoms with van der Waals surface area (Å²) in [6, 6.07) is 0.554. The van der Waals surface area contributed by atoms with E-state index in [2.05, 4.69) is 24.0 Å².